The van der Waals surface area contributed by atoms with E-state index in [2.05, 4.69) is 5.10 Å². The molecule has 0 aliphatic carbocycles. The third-order valence-corrected chi connectivity index (χ3v) is 2.58. The van der Waals surface area contributed by atoms with Gasteiger partial charge in [0.2, 0.25) is 0 Å². The molecule has 0 spiro atoms. The van der Waals surface area contributed by atoms with Gasteiger partial charge < -0.3 is 5.11 Å². The van der Waals surface area contributed by atoms with Crippen LogP contribution in [0.1, 0.15) is 11.8 Å². The number of aryl methyl sites for hydroxylation is 1. The van der Waals surface area contributed by atoms with E-state index in [1.54, 1.807) is 30.3 Å². The molecule has 0 unspecified atom stereocenters. The lowest BCUT2D eigenvalue weighted by molar-refractivity contribution is -0.208. The van der Waals surface area contributed by atoms with Gasteiger partial charge in [-0.05, 0) is 6.07 Å². The van der Waals surface area contributed by atoms with E-state index < -0.39 is 12.3 Å². The van der Waals surface area contributed by atoms with Crippen molar-refractivity contribution in [3.8, 4) is 11.3 Å². The van der Waals surface area contributed by atoms with Crippen LogP contribution in [-0.4, -0.2) is 21.1 Å². The Morgan fingerprint density at radius 1 is 1.22 bits per heavy atom. The number of nitrogens with zero attached hydrogens (tertiary/aromatic N) is 2. The molecule has 1 aromatic heterocycles. The molecule has 18 heavy (non-hydrogen) atoms. The molecule has 0 radical (unpaired) electrons. The standard InChI is InChI=1S/C12H11F3N2O/c1-17-10(11(18)12(13,14)15)7-9(16-17)8-5-3-2-4-6-8/h2-7,11,18H,1H3/t11-/m1/s1. The SMILES string of the molecule is Cn1nc(-c2ccccc2)cc1[C@@H](O)C(F)(F)F. The van der Waals surface area contributed by atoms with E-state index in [-0.39, 0.29) is 5.69 Å². The first-order valence-electron chi connectivity index (χ1n) is 5.23. The van der Waals surface area contributed by atoms with Crippen LogP contribution in [0, 0.1) is 0 Å². The van der Waals surface area contributed by atoms with Gasteiger partial charge in [0.25, 0.3) is 0 Å². The van der Waals surface area contributed by atoms with Gasteiger partial charge in [-0.1, -0.05) is 30.3 Å². The molecule has 0 aliphatic heterocycles. The summed E-state index contributed by atoms with van der Waals surface area (Å²) in [7, 11) is 1.37. The molecule has 6 heteroatoms. The second-order valence-electron chi connectivity index (χ2n) is 3.89. The minimum Gasteiger partial charge on any atom is -0.378 e. The molecule has 2 rings (SSSR count). The summed E-state index contributed by atoms with van der Waals surface area (Å²) in [5.74, 6) is 0. The van der Waals surface area contributed by atoms with Crippen molar-refractivity contribution in [3.63, 3.8) is 0 Å². The largest absolute Gasteiger partial charge is 0.420 e. The molecule has 0 saturated heterocycles. The zero-order valence-electron chi connectivity index (χ0n) is 9.52. The van der Waals surface area contributed by atoms with E-state index in [0.717, 1.165) is 4.68 Å². The second kappa shape index (κ2) is 4.45. The number of aliphatic hydroxyl groups is 1. The summed E-state index contributed by atoms with van der Waals surface area (Å²) in [5, 5.41) is 13.2. The molecule has 1 N–H and O–H groups in total. The average molecular weight is 256 g/mol. The van der Waals surface area contributed by atoms with Crippen molar-refractivity contribution in [1.82, 2.24) is 9.78 Å². The monoisotopic (exact) mass is 256 g/mol. The van der Waals surface area contributed by atoms with Gasteiger partial charge in [0.1, 0.15) is 0 Å². The molecule has 0 aliphatic rings. The molecule has 1 heterocycles. The van der Waals surface area contributed by atoms with Crippen molar-refractivity contribution in [2.24, 2.45) is 7.05 Å². The highest BCUT2D eigenvalue weighted by Gasteiger charge is 2.41. The quantitative estimate of drug-likeness (QED) is 0.897. The summed E-state index contributed by atoms with van der Waals surface area (Å²) in [6, 6.07) is 10.1. The highest BCUT2D eigenvalue weighted by molar-refractivity contribution is 5.59. The van der Waals surface area contributed by atoms with Gasteiger partial charge in [-0.15, -0.1) is 0 Å². The van der Waals surface area contributed by atoms with E-state index in [9.17, 15) is 18.3 Å². The topological polar surface area (TPSA) is 38.0 Å². The van der Waals surface area contributed by atoms with Crippen LogP contribution >= 0.6 is 0 Å². The molecule has 2 aromatic rings. The van der Waals surface area contributed by atoms with Crippen molar-refractivity contribution in [2.75, 3.05) is 0 Å². The van der Waals surface area contributed by atoms with Gasteiger partial charge in [-0.25, -0.2) is 0 Å². The summed E-state index contributed by atoms with van der Waals surface area (Å²) < 4.78 is 38.3. The van der Waals surface area contributed by atoms with Crippen molar-refractivity contribution < 1.29 is 18.3 Å². The molecule has 96 valence electrons. The van der Waals surface area contributed by atoms with Gasteiger partial charge >= 0.3 is 6.18 Å². The van der Waals surface area contributed by atoms with Gasteiger partial charge in [0, 0.05) is 12.6 Å². The maximum atomic E-state index is 12.4. The number of benzene rings is 1. The Bertz CT molecular complexity index is 534. The van der Waals surface area contributed by atoms with Gasteiger partial charge in [0.05, 0.1) is 11.4 Å². The summed E-state index contributed by atoms with van der Waals surface area (Å²) in [5.41, 5.74) is 0.825. The third-order valence-electron chi connectivity index (χ3n) is 2.58. The van der Waals surface area contributed by atoms with Crippen molar-refractivity contribution in [3.05, 3.63) is 42.1 Å². The number of aromatic nitrogens is 2. The normalized spacial score (nSPS) is 13.6. The summed E-state index contributed by atoms with van der Waals surface area (Å²) >= 11 is 0. The maximum Gasteiger partial charge on any atom is 0.420 e. The molecule has 1 aromatic carbocycles. The smallest absolute Gasteiger partial charge is 0.378 e. The Morgan fingerprint density at radius 3 is 2.39 bits per heavy atom. The third kappa shape index (κ3) is 2.38. The average Bonchev–Trinajstić information content (AvgIpc) is 2.70. The van der Waals surface area contributed by atoms with Gasteiger partial charge in [-0.2, -0.15) is 18.3 Å². The number of hydrogen-bond acceptors (Lipinski definition) is 2. The fourth-order valence-corrected chi connectivity index (χ4v) is 1.66. The highest BCUT2D eigenvalue weighted by atomic mass is 19.4. The minimum absolute atomic E-state index is 0.277. The first-order valence-corrected chi connectivity index (χ1v) is 5.23. The molecule has 0 saturated carbocycles. The Hall–Kier alpha value is -1.82. The van der Waals surface area contributed by atoms with Crippen LogP contribution in [0.2, 0.25) is 0 Å². The Labute approximate surface area is 101 Å². The van der Waals surface area contributed by atoms with Gasteiger partial charge in [-0.3, -0.25) is 4.68 Å². The lowest BCUT2D eigenvalue weighted by Crippen LogP contribution is -2.22. The summed E-state index contributed by atoms with van der Waals surface area (Å²) in [6.07, 6.45) is -7.21. The fourth-order valence-electron chi connectivity index (χ4n) is 1.66. The Morgan fingerprint density at radius 2 is 1.83 bits per heavy atom. The predicted molar refractivity (Wildman–Crippen MR) is 59.7 cm³/mol. The van der Waals surface area contributed by atoms with E-state index in [4.69, 9.17) is 0 Å². The second-order valence-corrected chi connectivity index (χ2v) is 3.89. The van der Waals surface area contributed by atoms with Crippen LogP contribution < -0.4 is 0 Å². The molecular weight excluding hydrogens is 245 g/mol. The lowest BCUT2D eigenvalue weighted by atomic mass is 10.1. The number of halogens is 3. The number of alkyl halides is 3. The Kier molecular flexibility index (Phi) is 3.13. The van der Waals surface area contributed by atoms with Crippen molar-refractivity contribution in [2.45, 2.75) is 12.3 Å². The fraction of sp³-hybridized carbons (Fsp3) is 0.250. The van der Waals surface area contributed by atoms with Crippen molar-refractivity contribution in [1.29, 1.82) is 0 Å². The molecule has 0 bridgehead atoms. The number of hydrogen-bond donors (Lipinski definition) is 1. The van der Waals surface area contributed by atoms with Crippen LogP contribution in [0.5, 0.6) is 0 Å². The van der Waals surface area contributed by atoms with E-state index in [0.29, 0.717) is 11.3 Å². The van der Waals surface area contributed by atoms with Crippen LogP contribution in [0.3, 0.4) is 0 Å². The first kappa shape index (κ1) is 12.6. The van der Waals surface area contributed by atoms with E-state index in [1.807, 2.05) is 0 Å². The number of rotatable bonds is 2. The maximum absolute atomic E-state index is 12.4. The van der Waals surface area contributed by atoms with Gasteiger partial charge in [0.15, 0.2) is 6.10 Å². The van der Waals surface area contributed by atoms with Crippen LogP contribution in [-0.2, 0) is 7.05 Å². The van der Waals surface area contributed by atoms with Crippen molar-refractivity contribution >= 4 is 0 Å². The zero-order chi connectivity index (χ0) is 13.3. The molecule has 3 nitrogen and oxygen atoms in total. The van der Waals surface area contributed by atoms with Crippen LogP contribution in [0.15, 0.2) is 36.4 Å². The molecule has 0 amide bonds. The minimum atomic E-state index is -4.69. The van der Waals surface area contributed by atoms with Crippen LogP contribution in [0.4, 0.5) is 13.2 Å². The molecule has 0 fully saturated rings. The van der Waals surface area contributed by atoms with E-state index >= 15 is 0 Å². The van der Waals surface area contributed by atoms with Crippen LogP contribution in [0.25, 0.3) is 11.3 Å². The molecular formula is C12H11F3N2O. The number of aliphatic hydroxyl groups excluding tert-OH is 1. The highest BCUT2D eigenvalue weighted by Crippen LogP contribution is 2.33. The summed E-state index contributed by atoms with van der Waals surface area (Å²) in [4.78, 5) is 0. The molecule has 1 atom stereocenters. The van der Waals surface area contributed by atoms with E-state index in [1.165, 1.54) is 13.1 Å². The predicted octanol–water partition coefficient (Wildman–Crippen LogP) is 2.68. The first-order chi connectivity index (χ1) is 8.39. The lowest BCUT2D eigenvalue weighted by Gasteiger charge is -2.13. The zero-order valence-corrected chi connectivity index (χ0v) is 9.52. The Balaban J connectivity index is 2.39. The summed E-state index contributed by atoms with van der Waals surface area (Å²) in [6.45, 7) is 0.